The number of carbonyl (C=O) groups excluding carboxylic acids is 1. The zero-order valence-electron chi connectivity index (χ0n) is 19.2. The Hall–Kier alpha value is -2.77. The summed E-state index contributed by atoms with van der Waals surface area (Å²) in [5.74, 6) is 0.0212. The number of para-hydroxylation sites is 1. The number of benzene rings is 2. The third kappa shape index (κ3) is 4.04. The second-order valence-corrected chi connectivity index (χ2v) is 11.0. The lowest BCUT2D eigenvalue weighted by atomic mass is 9.99. The van der Waals surface area contributed by atoms with Gasteiger partial charge in [-0.3, -0.25) is 9.78 Å². The summed E-state index contributed by atoms with van der Waals surface area (Å²) in [5.41, 5.74) is 6.28. The first-order valence-electron chi connectivity index (χ1n) is 11.6. The molecular weight excluding hydrogens is 434 g/mol. The van der Waals surface area contributed by atoms with Crippen molar-refractivity contribution in [1.82, 2.24) is 14.2 Å². The lowest BCUT2D eigenvalue weighted by Crippen LogP contribution is -2.50. The molecule has 3 aromatic rings. The Kier molecular flexibility index (Phi) is 5.70. The molecule has 0 spiro atoms. The molecule has 1 saturated heterocycles. The minimum absolute atomic E-state index is 0.0212. The largest absolute Gasteiger partial charge is 0.340 e. The van der Waals surface area contributed by atoms with Crippen LogP contribution in [0.25, 0.3) is 10.9 Å². The molecule has 1 aromatic heterocycles. The number of nitrogens with zero attached hydrogens (tertiary/aromatic N) is 3. The maximum atomic E-state index is 13.2. The summed E-state index contributed by atoms with van der Waals surface area (Å²) in [4.78, 5) is 19.9. The van der Waals surface area contributed by atoms with Crippen LogP contribution in [0.4, 0.5) is 0 Å². The molecular formula is C26H29N3O3S. The van der Waals surface area contributed by atoms with Gasteiger partial charge in [0.15, 0.2) is 0 Å². The number of sulfonamides is 1. The van der Waals surface area contributed by atoms with Gasteiger partial charge in [0.25, 0.3) is 0 Å². The van der Waals surface area contributed by atoms with E-state index in [0.717, 1.165) is 52.5 Å². The van der Waals surface area contributed by atoms with Gasteiger partial charge in [0.1, 0.15) is 0 Å². The lowest BCUT2D eigenvalue weighted by Gasteiger charge is -2.34. The van der Waals surface area contributed by atoms with E-state index in [1.807, 2.05) is 50.2 Å². The Bertz CT molecular complexity index is 1340. The van der Waals surface area contributed by atoms with Crippen molar-refractivity contribution in [2.75, 3.05) is 26.2 Å². The fourth-order valence-electron chi connectivity index (χ4n) is 5.13. The zero-order chi connectivity index (χ0) is 23.2. The Morgan fingerprint density at radius 3 is 2.48 bits per heavy atom. The van der Waals surface area contributed by atoms with E-state index in [9.17, 15) is 13.2 Å². The minimum Gasteiger partial charge on any atom is -0.340 e. The first-order chi connectivity index (χ1) is 15.8. The van der Waals surface area contributed by atoms with E-state index in [-0.39, 0.29) is 12.3 Å². The van der Waals surface area contributed by atoms with Crippen LogP contribution in [0.3, 0.4) is 0 Å². The summed E-state index contributed by atoms with van der Waals surface area (Å²) in [5, 5.41) is 1.07. The number of aromatic nitrogens is 1. The van der Waals surface area contributed by atoms with E-state index in [1.165, 1.54) is 9.87 Å². The highest BCUT2D eigenvalue weighted by atomic mass is 32.2. The monoisotopic (exact) mass is 463 g/mol. The van der Waals surface area contributed by atoms with Gasteiger partial charge in [-0.15, -0.1) is 0 Å². The highest BCUT2D eigenvalue weighted by Crippen LogP contribution is 2.27. The number of hydrogen-bond donors (Lipinski definition) is 0. The molecule has 1 aliphatic heterocycles. The van der Waals surface area contributed by atoms with Crippen molar-refractivity contribution in [3.05, 3.63) is 70.4 Å². The maximum absolute atomic E-state index is 13.2. The molecule has 2 aromatic carbocycles. The number of amides is 1. The molecule has 7 heteroatoms. The highest BCUT2D eigenvalue weighted by Gasteiger charge is 2.31. The topological polar surface area (TPSA) is 70.6 Å². The van der Waals surface area contributed by atoms with Crippen LogP contribution in [-0.4, -0.2) is 54.7 Å². The Balaban J connectivity index is 1.28. The normalized spacial score (nSPS) is 16.8. The second kappa shape index (κ2) is 8.54. The average molecular weight is 464 g/mol. The van der Waals surface area contributed by atoms with Crippen LogP contribution in [0.15, 0.2) is 47.4 Å². The lowest BCUT2D eigenvalue weighted by molar-refractivity contribution is -0.131. The minimum atomic E-state index is -3.54. The molecule has 0 N–H and O–H groups in total. The van der Waals surface area contributed by atoms with Gasteiger partial charge < -0.3 is 4.90 Å². The van der Waals surface area contributed by atoms with E-state index in [2.05, 4.69) is 4.98 Å². The first kappa shape index (κ1) is 22.0. The van der Waals surface area contributed by atoms with Gasteiger partial charge >= 0.3 is 0 Å². The summed E-state index contributed by atoms with van der Waals surface area (Å²) >= 11 is 0. The molecule has 1 aliphatic carbocycles. The fourth-order valence-corrected chi connectivity index (χ4v) is 6.60. The van der Waals surface area contributed by atoms with E-state index >= 15 is 0 Å². The number of aryl methyl sites for hydroxylation is 4. The van der Waals surface area contributed by atoms with E-state index in [4.69, 9.17) is 0 Å². The molecule has 33 heavy (non-hydrogen) atoms. The highest BCUT2D eigenvalue weighted by molar-refractivity contribution is 7.89. The number of pyridine rings is 1. The number of piperazine rings is 1. The van der Waals surface area contributed by atoms with E-state index in [1.54, 1.807) is 11.0 Å². The van der Waals surface area contributed by atoms with Crippen molar-refractivity contribution >= 4 is 26.8 Å². The second-order valence-electron chi connectivity index (χ2n) is 9.06. The van der Waals surface area contributed by atoms with Crippen molar-refractivity contribution in [1.29, 1.82) is 0 Å². The molecule has 0 unspecified atom stereocenters. The standard InChI is InChI=1S/C26H29N3O3S/c1-18-23-8-3-4-9-25(23)27-19(2)24(18)17-26(30)28-12-14-29(15-13-28)33(31,32)22-11-10-20-6-5-7-21(20)16-22/h3-4,8-11,16H,5-7,12-15,17H2,1-2H3. The van der Waals surface area contributed by atoms with Gasteiger partial charge in [-0.2, -0.15) is 4.31 Å². The van der Waals surface area contributed by atoms with Crippen molar-refractivity contribution < 1.29 is 13.2 Å². The molecule has 6 nitrogen and oxygen atoms in total. The summed E-state index contributed by atoms with van der Waals surface area (Å²) < 4.78 is 27.9. The van der Waals surface area contributed by atoms with Crippen LogP contribution in [0.5, 0.6) is 0 Å². The fraction of sp³-hybridized carbons (Fsp3) is 0.385. The third-order valence-corrected chi connectivity index (χ3v) is 9.01. The van der Waals surface area contributed by atoms with Gasteiger partial charge in [0, 0.05) is 37.3 Å². The van der Waals surface area contributed by atoms with Gasteiger partial charge in [-0.1, -0.05) is 24.3 Å². The van der Waals surface area contributed by atoms with E-state index in [0.29, 0.717) is 31.1 Å². The van der Waals surface area contributed by atoms with Crippen molar-refractivity contribution in [2.24, 2.45) is 0 Å². The van der Waals surface area contributed by atoms with Crippen LogP contribution in [0.2, 0.25) is 0 Å². The molecule has 0 saturated carbocycles. The summed E-state index contributed by atoms with van der Waals surface area (Å²) in [6, 6.07) is 13.5. The zero-order valence-corrected chi connectivity index (χ0v) is 20.0. The molecule has 0 atom stereocenters. The van der Waals surface area contributed by atoms with Crippen LogP contribution in [-0.2, 0) is 34.1 Å². The maximum Gasteiger partial charge on any atom is 0.243 e. The van der Waals surface area contributed by atoms with Crippen LogP contribution < -0.4 is 0 Å². The summed E-state index contributed by atoms with van der Waals surface area (Å²) in [6.45, 7) is 5.44. The molecule has 172 valence electrons. The van der Waals surface area contributed by atoms with Gasteiger partial charge in [0.2, 0.25) is 15.9 Å². The van der Waals surface area contributed by atoms with Crippen molar-refractivity contribution in [2.45, 2.75) is 44.4 Å². The number of hydrogen-bond acceptors (Lipinski definition) is 4. The third-order valence-electron chi connectivity index (χ3n) is 7.11. The Morgan fingerprint density at radius 2 is 1.70 bits per heavy atom. The SMILES string of the molecule is Cc1nc2ccccc2c(C)c1CC(=O)N1CCN(S(=O)(=O)c2ccc3c(c2)CCC3)CC1. The molecule has 0 radical (unpaired) electrons. The predicted octanol–water partition coefficient (Wildman–Crippen LogP) is 3.42. The van der Waals surface area contributed by atoms with E-state index < -0.39 is 10.0 Å². The average Bonchev–Trinajstić information content (AvgIpc) is 3.30. The molecule has 2 aliphatic rings. The number of fused-ring (bicyclic) bond motifs is 2. The summed E-state index contributed by atoms with van der Waals surface area (Å²) in [6.07, 6.45) is 3.35. The molecule has 1 fully saturated rings. The van der Waals surface area contributed by atoms with Gasteiger partial charge in [-0.25, -0.2) is 8.42 Å². The van der Waals surface area contributed by atoms with Crippen LogP contribution in [0.1, 0.15) is 34.4 Å². The quantitative estimate of drug-likeness (QED) is 0.595. The number of carbonyl (C=O) groups is 1. The summed E-state index contributed by atoms with van der Waals surface area (Å²) in [7, 11) is -3.54. The molecule has 2 heterocycles. The van der Waals surface area contributed by atoms with Gasteiger partial charge in [-0.05, 0) is 73.6 Å². The molecule has 1 amide bonds. The van der Waals surface area contributed by atoms with Crippen LogP contribution in [0, 0.1) is 13.8 Å². The Morgan fingerprint density at radius 1 is 0.970 bits per heavy atom. The molecule has 0 bridgehead atoms. The predicted molar refractivity (Wildman–Crippen MR) is 129 cm³/mol. The van der Waals surface area contributed by atoms with Crippen molar-refractivity contribution in [3.8, 4) is 0 Å². The molecule has 5 rings (SSSR count). The van der Waals surface area contributed by atoms with Gasteiger partial charge in [0.05, 0.1) is 16.8 Å². The number of rotatable bonds is 4. The van der Waals surface area contributed by atoms with Crippen LogP contribution >= 0.6 is 0 Å². The smallest absolute Gasteiger partial charge is 0.243 e. The first-order valence-corrected chi connectivity index (χ1v) is 13.0. The Labute approximate surface area is 195 Å². The van der Waals surface area contributed by atoms with Crippen molar-refractivity contribution in [3.63, 3.8) is 0 Å².